The molecule has 0 spiro atoms. The Morgan fingerprint density at radius 1 is 1.20 bits per heavy atom. The molecule has 10 heteroatoms. The van der Waals surface area contributed by atoms with E-state index in [-0.39, 0.29) is 37.6 Å². The number of sulfonamides is 1. The van der Waals surface area contributed by atoms with Gasteiger partial charge in [0, 0.05) is 25.2 Å². The molecule has 0 aliphatic carbocycles. The molecule has 2 aliphatic heterocycles. The quantitative estimate of drug-likeness (QED) is 0.835. The third-order valence-electron chi connectivity index (χ3n) is 4.54. The minimum absolute atomic E-state index is 0. The number of nitrogens with one attached hydrogen (secondary N) is 1. The van der Waals surface area contributed by atoms with Gasteiger partial charge < -0.3 is 5.32 Å². The molecule has 25 heavy (non-hydrogen) atoms. The summed E-state index contributed by atoms with van der Waals surface area (Å²) in [4.78, 5) is -0.424. The van der Waals surface area contributed by atoms with Crippen LogP contribution in [0.1, 0.15) is 30.4 Å². The van der Waals surface area contributed by atoms with Crippen LogP contribution in [-0.4, -0.2) is 37.9 Å². The Labute approximate surface area is 150 Å². The van der Waals surface area contributed by atoms with E-state index >= 15 is 0 Å². The van der Waals surface area contributed by atoms with Crippen molar-refractivity contribution >= 4 is 22.4 Å². The fraction of sp³-hybridized carbons (Fsp3) is 0.533. The molecule has 0 aromatic heterocycles. The predicted molar refractivity (Wildman–Crippen MR) is 86.7 cm³/mol. The van der Waals surface area contributed by atoms with Gasteiger partial charge in [-0.1, -0.05) is 0 Å². The van der Waals surface area contributed by atoms with Crippen LogP contribution in [0, 0.1) is 11.3 Å². The van der Waals surface area contributed by atoms with Gasteiger partial charge in [0.15, 0.2) is 0 Å². The minimum Gasteiger partial charge on any atom is -0.310 e. The van der Waals surface area contributed by atoms with Gasteiger partial charge in [-0.05, 0) is 37.5 Å². The van der Waals surface area contributed by atoms with E-state index in [2.05, 4.69) is 5.32 Å². The average molecular weight is 396 g/mol. The van der Waals surface area contributed by atoms with Crippen LogP contribution < -0.4 is 5.32 Å². The predicted octanol–water partition coefficient (Wildman–Crippen LogP) is 2.51. The smallest absolute Gasteiger partial charge is 0.310 e. The highest BCUT2D eigenvalue weighted by molar-refractivity contribution is 7.89. The number of hydrogen-bond acceptors (Lipinski definition) is 4. The van der Waals surface area contributed by atoms with E-state index in [0.717, 1.165) is 25.0 Å². The van der Waals surface area contributed by atoms with Crippen LogP contribution in [0.25, 0.3) is 0 Å². The summed E-state index contributed by atoms with van der Waals surface area (Å²) < 4.78 is 65.9. The van der Waals surface area contributed by atoms with Gasteiger partial charge in [-0.3, -0.25) is 0 Å². The van der Waals surface area contributed by atoms with Crippen molar-refractivity contribution in [1.29, 1.82) is 5.26 Å². The first-order valence-corrected chi connectivity index (χ1v) is 9.03. The van der Waals surface area contributed by atoms with Crippen molar-refractivity contribution < 1.29 is 21.6 Å². The standard InChI is InChI=1S/C15H16F3N3O2S.ClH/c16-15(17,18)14-7-13(4-1-10(14)8-19)24(22,23)21-6-5-11-2-3-12(9-21)20-11;/h1,4,7,11-12,20H,2-3,5-6,9H2;1H. The van der Waals surface area contributed by atoms with E-state index in [1.165, 1.54) is 10.4 Å². The average Bonchev–Trinajstić information content (AvgIpc) is 2.84. The SMILES string of the molecule is Cl.N#Cc1ccc(S(=O)(=O)N2CCC3CCC(C2)N3)cc1C(F)(F)F. The molecular formula is C15H17ClF3N3O2S. The molecule has 1 N–H and O–H groups in total. The highest BCUT2D eigenvalue weighted by Gasteiger charge is 2.38. The zero-order chi connectivity index (χ0) is 17.5. The van der Waals surface area contributed by atoms with Crippen molar-refractivity contribution in [3.63, 3.8) is 0 Å². The van der Waals surface area contributed by atoms with Crippen LogP contribution in [0.15, 0.2) is 23.1 Å². The maximum absolute atomic E-state index is 13.1. The molecule has 2 heterocycles. The molecule has 1 aromatic carbocycles. The van der Waals surface area contributed by atoms with E-state index in [1.54, 1.807) is 0 Å². The number of rotatable bonds is 2. The second-order valence-electron chi connectivity index (χ2n) is 6.11. The van der Waals surface area contributed by atoms with Crippen molar-refractivity contribution in [1.82, 2.24) is 9.62 Å². The lowest BCUT2D eigenvalue weighted by atomic mass is 10.1. The van der Waals surface area contributed by atoms with E-state index in [1.807, 2.05) is 0 Å². The number of benzene rings is 1. The maximum atomic E-state index is 13.1. The Hall–Kier alpha value is -1.34. The zero-order valence-corrected chi connectivity index (χ0v) is 14.7. The summed E-state index contributed by atoms with van der Waals surface area (Å²) in [7, 11) is -4.03. The summed E-state index contributed by atoms with van der Waals surface area (Å²) in [6.07, 6.45) is -2.29. The molecule has 3 rings (SSSR count). The third kappa shape index (κ3) is 3.92. The van der Waals surface area contributed by atoms with E-state index < -0.39 is 32.2 Å². The van der Waals surface area contributed by atoms with Crippen LogP contribution in [0.2, 0.25) is 0 Å². The summed E-state index contributed by atoms with van der Waals surface area (Å²) in [6.45, 7) is 0.526. The van der Waals surface area contributed by atoms with Gasteiger partial charge in [0.05, 0.1) is 22.1 Å². The molecule has 2 bridgehead atoms. The van der Waals surface area contributed by atoms with Gasteiger partial charge in [-0.25, -0.2) is 8.42 Å². The topological polar surface area (TPSA) is 73.2 Å². The van der Waals surface area contributed by atoms with Gasteiger partial charge in [-0.2, -0.15) is 22.7 Å². The number of fused-ring (bicyclic) bond motifs is 2. The number of halogens is 4. The first kappa shape index (κ1) is 20.0. The summed E-state index contributed by atoms with van der Waals surface area (Å²) >= 11 is 0. The Bertz CT molecular complexity index is 792. The lowest BCUT2D eigenvalue weighted by Crippen LogP contribution is -2.39. The number of hydrogen-bond donors (Lipinski definition) is 1. The molecule has 0 saturated carbocycles. The molecular weight excluding hydrogens is 379 g/mol. The number of alkyl halides is 3. The van der Waals surface area contributed by atoms with Crippen LogP contribution >= 0.6 is 12.4 Å². The summed E-state index contributed by atoms with van der Waals surface area (Å²) in [5, 5.41) is 12.1. The van der Waals surface area contributed by atoms with Crippen molar-refractivity contribution in [2.24, 2.45) is 0 Å². The zero-order valence-electron chi connectivity index (χ0n) is 13.1. The Balaban J connectivity index is 0.00000225. The third-order valence-corrected chi connectivity index (χ3v) is 6.40. The fourth-order valence-electron chi connectivity index (χ4n) is 3.29. The molecule has 2 fully saturated rings. The van der Waals surface area contributed by atoms with Crippen LogP contribution in [0.5, 0.6) is 0 Å². The second kappa shape index (κ2) is 7.11. The highest BCUT2D eigenvalue weighted by atomic mass is 35.5. The normalized spacial score (nSPS) is 24.2. The summed E-state index contributed by atoms with van der Waals surface area (Å²) in [6, 6.07) is 4.30. The fourth-order valence-corrected chi connectivity index (χ4v) is 4.82. The number of nitrogens with zero attached hydrogens (tertiary/aromatic N) is 2. The van der Waals surface area contributed by atoms with Crippen LogP contribution in [0.4, 0.5) is 13.2 Å². The molecule has 1 aromatic rings. The molecule has 2 saturated heterocycles. The summed E-state index contributed by atoms with van der Waals surface area (Å²) in [5.41, 5.74) is -1.81. The Kier molecular flexibility index (Phi) is 5.68. The van der Waals surface area contributed by atoms with Gasteiger partial charge in [0.1, 0.15) is 0 Å². The van der Waals surface area contributed by atoms with Crippen LogP contribution in [0.3, 0.4) is 0 Å². The van der Waals surface area contributed by atoms with E-state index in [0.29, 0.717) is 12.5 Å². The lowest BCUT2D eigenvalue weighted by molar-refractivity contribution is -0.137. The Morgan fingerprint density at radius 3 is 2.52 bits per heavy atom. The van der Waals surface area contributed by atoms with Crippen molar-refractivity contribution in [2.45, 2.75) is 42.4 Å². The largest absolute Gasteiger partial charge is 0.417 e. The van der Waals surface area contributed by atoms with Gasteiger partial charge >= 0.3 is 6.18 Å². The first-order chi connectivity index (χ1) is 11.2. The molecule has 0 amide bonds. The Morgan fingerprint density at radius 2 is 1.88 bits per heavy atom. The van der Waals surface area contributed by atoms with Crippen molar-refractivity contribution in [3.05, 3.63) is 29.3 Å². The molecule has 5 nitrogen and oxygen atoms in total. The monoisotopic (exact) mass is 395 g/mol. The van der Waals surface area contributed by atoms with E-state index in [4.69, 9.17) is 5.26 Å². The highest BCUT2D eigenvalue weighted by Crippen LogP contribution is 2.34. The maximum Gasteiger partial charge on any atom is 0.417 e. The second-order valence-corrected chi connectivity index (χ2v) is 8.04. The number of nitriles is 1. The lowest BCUT2D eigenvalue weighted by Gasteiger charge is -2.24. The minimum atomic E-state index is -4.78. The summed E-state index contributed by atoms with van der Waals surface area (Å²) in [5.74, 6) is 0. The van der Waals surface area contributed by atoms with Gasteiger partial charge in [-0.15, -0.1) is 12.4 Å². The van der Waals surface area contributed by atoms with Gasteiger partial charge in [0.25, 0.3) is 0 Å². The van der Waals surface area contributed by atoms with E-state index in [9.17, 15) is 21.6 Å². The molecule has 2 aliphatic rings. The molecule has 2 unspecified atom stereocenters. The molecule has 0 radical (unpaired) electrons. The molecule has 2 atom stereocenters. The van der Waals surface area contributed by atoms with Crippen LogP contribution in [-0.2, 0) is 16.2 Å². The first-order valence-electron chi connectivity index (χ1n) is 7.59. The molecule has 138 valence electrons. The van der Waals surface area contributed by atoms with Gasteiger partial charge in [0.2, 0.25) is 10.0 Å². The van der Waals surface area contributed by atoms with Crippen molar-refractivity contribution in [3.8, 4) is 6.07 Å². The van der Waals surface area contributed by atoms with Crippen molar-refractivity contribution in [2.75, 3.05) is 13.1 Å².